The summed E-state index contributed by atoms with van der Waals surface area (Å²) in [5.41, 5.74) is 2.18. The summed E-state index contributed by atoms with van der Waals surface area (Å²) in [5, 5.41) is 8.11. The van der Waals surface area contributed by atoms with Gasteiger partial charge in [-0.05, 0) is 12.1 Å². The maximum Gasteiger partial charge on any atom is 0.137 e. The number of nitrogens with zero attached hydrogens (tertiary/aromatic N) is 6. The number of aromatic nitrogens is 7. The fourth-order valence-electron chi connectivity index (χ4n) is 1.65. The fourth-order valence-corrected chi connectivity index (χ4v) is 1.65. The van der Waals surface area contributed by atoms with Crippen molar-refractivity contribution in [2.75, 3.05) is 0 Å². The number of H-pyrrole nitrogens is 1. The molecule has 0 spiro atoms. The van der Waals surface area contributed by atoms with Gasteiger partial charge in [0.15, 0.2) is 0 Å². The molecule has 0 radical (unpaired) electrons. The maximum absolute atomic E-state index is 4.05. The third kappa shape index (κ3) is 2.22. The third-order valence-corrected chi connectivity index (χ3v) is 2.40. The Hall–Kier alpha value is -2.44. The Labute approximate surface area is 97.1 Å². The molecule has 0 aliphatic carbocycles. The molecule has 3 heterocycles. The van der Waals surface area contributed by atoms with Crippen molar-refractivity contribution in [3.63, 3.8) is 0 Å². The minimum atomic E-state index is 0.692. The molecule has 3 rings (SSSR count). The lowest BCUT2D eigenvalue weighted by atomic mass is 10.4. The summed E-state index contributed by atoms with van der Waals surface area (Å²) in [6.07, 6.45) is 6.44. The molecule has 0 aliphatic rings. The van der Waals surface area contributed by atoms with Crippen LogP contribution in [0.3, 0.4) is 0 Å². The Morgan fingerprint density at radius 2 is 1.41 bits per heavy atom. The minimum Gasteiger partial charge on any atom is -0.359 e. The summed E-state index contributed by atoms with van der Waals surface area (Å²) in [6, 6.07) is 4.07. The summed E-state index contributed by atoms with van der Waals surface area (Å²) < 4.78 is 3.54. The van der Waals surface area contributed by atoms with Crippen molar-refractivity contribution in [1.29, 1.82) is 0 Å². The van der Waals surface area contributed by atoms with Gasteiger partial charge in [0.1, 0.15) is 25.3 Å². The summed E-state index contributed by atoms with van der Waals surface area (Å²) >= 11 is 0. The first-order valence-electron chi connectivity index (χ1n) is 5.22. The lowest BCUT2D eigenvalue weighted by Crippen LogP contribution is -2.02. The van der Waals surface area contributed by atoms with Gasteiger partial charge in [0.25, 0.3) is 0 Å². The Morgan fingerprint density at radius 1 is 0.882 bits per heavy atom. The van der Waals surface area contributed by atoms with E-state index in [2.05, 4.69) is 25.1 Å². The van der Waals surface area contributed by atoms with Crippen molar-refractivity contribution >= 4 is 0 Å². The highest BCUT2D eigenvalue weighted by Crippen LogP contribution is 2.04. The van der Waals surface area contributed by atoms with Crippen LogP contribution in [-0.2, 0) is 13.1 Å². The van der Waals surface area contributed by atoms with Crippen LogP contribution in [0.15, 0.2) is 37.4 Å². The molecule has 3 aromatic heterocycles. The van der Waals surface area contributed by atoms with Gasteiger partial charge in [0, 0.05) is 11.4 Å². The second kappa shape index (κ2) is 4.20. The summed E-state index contributed by atoms with van der Waals surface area (Å²) in [4.78, 5) is 11.1. The van der Waals surface area contributed by atoms with Gasteiger partial charge in [-0.1, -0.05) is 0 Å². The van der Waals surface area contributed by atoms with E-state index in [1.165, 1.54) is 12.7 Å². The summed E-state index contributed by atoms with van der Waals surface area (Å²) in [5.74, 6) is 0. The van der Waals surface area contributed by atoms with Gasteiger partial charge in [-0.25, -0.2) is 19.3 Å². The van der Waals surface area contributed by atoms with Crippen molar-refractivity contribution in [2.24, 2.45) is 0 Å². The Kier molecular flexibility index (Phi) is 2.41. The lowest BCUT2D eigenvalue weighted by Gasteiger charge is -1.99. The normalized spacial score (nSPS) is 10.8. The summed E-state index contributed by atoms with van der Waals surface area (Å²) in [6.45, 7) is 1.38. The van der Waals surface area contributed by atoms with E-state index in [1.807, 2.05) is 12.1 Å². The van der Waals surface area contributed by atoms with E-state index in [1.54, 1.807) is 22.0 Å². The van der Waals surface area contributed by atoms with Gasteiger partial charge in [-0.3, -0.25) is 0 Å². The van der Waals surface area contributed by atoms with E-state index in [0.29, 0.717) is 13.1 Å². The molecular weight excluding hydrogens is 218 g/mol. The monoisotopic (exact) mass is 229 g/mol. The van der Waals surface area contributed by atoms with Crippen LogP contribution in [0, 0.1) is 0 Å². The maximum atomic E-state index is 4.05. The highest BCUT2D eigenvalue weighted by atomic mass is 15.3. The Bertz CT molecular complexity index is 513. The van der Waals surface area contributed by atoms with Gasteiger partial charge in [0.05, 0.1) is 13.1 Å². The number of rotatable bonds is 4. The average molecular weight is 229 g/mol. The number of nitrogens with one attached hydrogen (secondary N) is 1. The average Bonchev–Trinajstić information content (AvgIpc) is 3.02. The van der Waals surface area contributed by atoms with Gasteiger partial charge < -0.3 is 4.98 Å². The van der Waals surface area contributed by atoms with Crippen molar-refractivity contribution < 1.29 is 0 Å². The molecule has 17 heavy (non-hydrogen) atoms. The van der Waals surface area contributed by atoms with Crippen molar-refractivity contribution in [3.05, 3.63) is 48.8 Å². The zero-order valence-corrected chi connectivity index (χ0v) is 9.06. The van der Waals surface area contributed by atoms with Crippen molar-refractivity contribution in [3.8, 4) is 0 Å². The molecule has 0 amide bonds. The largest absolute Gasteiger partial charge is 0.359 e. The predicted octanol–water partition coefficient (Wildman–Crippen LogP) is 0.294. The highest BCUT2D eigenvalue weighted by Gasteiger charge is 2.01. The van der Waals surface area contributed by atoms with E-state index in [0.717, 1.165) is 11.4 Å². The molecule has 0 unspecified atom stereocenters. The molecule has 1 N–H and O–H groups in total. The van der Waals surface area contributed by atoms with Crippen LogP contribution in [0.25, 0.3) is 0 Å². The van der Waals surface area contributed by atoms with Crippen LogP contribution in [0.1, 0.15) is 11.4 Å². The fraction of sp³-hybridized carbons (Fsp3) is 0.200. The van der Waals surface area contributed by atoms with E-state index in [4.69, 9.17) is 0 Å². The molecule has 7 nitrogen and oxygen atoms in total. The first-order chi connectivity index (χ1) is 8.40. The van der Waals surface area contributed by atoms with Crippen LogP contribution >= 0.6 is 0 Å². The summed E-state index contributed by atoms with van der Waals surface area (Å²) in [7, 11) is 0. The number of hydrogen-bond donors (Lipinski definition) is 1. The SMILES string of the molecule is c1ncn(Cc2ccc(Cn3cncn3)[nH]2)n1. The Balaban J connectivity index is 1.70. The predicted molar refractivity (Wildman–Crippen MR) is 59.0 cm³/mol. The molecule has 0 saturated heterocycles. The second-order valence-corrected chi connectivity index (χ2v) is 3.69. The van der Waals surface area contributed by atoms with E-state index in [9.17, 15) is 0 Å². The molecule has 0 bridgehead atoms. The van der Waals surface area contributed by atoms with Crippen LogP contribution in [-0.4, -0.2) is 34.5 Å². The molecule has 0 saturated carbocycles. The van der Waals surface area contributed by atoms with Crippen LogP contribution < -0.4 is 0 Å². The zero-order chi connectivity index (χ0) is 11.5. The molecule has 0 aliphatic heterocycles. The van der Waals surface area contributed by atoms with Crippen LogP contribution in [0.2, 0.25) is 0 Å². The van der Waals surface area contributed by atoms with E-state index in [-0.39, 0.29) is 0 Å². The highest BCUT2D eigenvalue weighted by molar-refractivity contribution is 5.13. The minimum absolute atomic E-state index is 0.692. The zero-order valence-electron chi connectivity index (χ0n) is 9.06. The second-order valence-electron chi connectivity index (χ2n) is 3.69. The van der Waals surface area contributed by atoms with Crippen LogP contribution in [0.4, 0.5) is 0 Å². The van der Waals surface area contributed by atoms with Gasteiger partial charge in [-0.15, -0.1) is 0 Å². The van der Waals surface area contributed by atoms with Gasteiger partial charge in [-0.2, -0.15) is 10.2 Å². The first-order valence-corrected chi connectivity index (χ1v) is 5.22. The quantitative estimate of drug-likeness (QED) is 0.697. The topological polar surface area (TPSA) is 77.2 Å². The number of hydrogen-bond acceptors (Lipinski definition) is 4. The smallest absolute Gasteiger partial charge is 0.137 e. The third-order valence-electron chi connectivity index (χ3n) is 2.40. The van der Waals surface area contributed by atoms with Gasteiger partial charge >= 0.3 is 0 Å². The molecule has 86 valence electrons. The molecule has 3 aromatic rings. The van der Waals surface area contributed by atoms with Crippen molar-refractivity contribution in [2.45, 2.75) is 13.1 Å². The molecular formula is C10H11N7. The Morgan fingerprint density at radius 3 is 1.82 bits per heavy atom. The molecule has 0 aromatic carbocycles. The standard InChI is InChI=1S/C10H11N7/c1-2-10(4-17-8-12-6-14-17)15-9(1)3-16-7-11-5-13-16/h1-2,5-8,15H,3-4H2. The van der Waals surface area contributed by atoms with E-state index >= 15 is 0 Å². The first kappa shape index (κ1) is 9.76. The molecule has 0 atom stereocenters. The van der Waals surface area contributed by atoms with Crippen LogP contribution in [0.5, 0.6) is 0 Å². The number of aromatic amines is 1. The van der Waals surface area contributed by atoms with E-state index < -0.39 is 0 Å². The van der Waals surface area contributed by atoms with Gasteiger partial charge in [0.2, 0.25) is 0 Å². The molecule has 7 heteroatoms. The van der Waals surface area contributed by atoms with Crippen molar-refractivity contribution in [1.82, 2.24) is 34.5 Å². The lowest BCUT2D eigenvalue weighted by molar-refractivity contribution is 0.654. The molecule has 0 fully saturated rings.